The number of carbonyl (C=O) groups is 3. The lowest BCUT2D eigenvalue weighted by Gasteiger charge is -2.18. The summed E-state index contributed by atoms with van der Waals surface area (Å²) in [6, 6.07) is 0. The maximum Gasteiger partial charge on any atom is 0.306 e. The summed E-state index contributed by atoms with van der Waals surface area (Å²) in [6.07, 6.45) is 68.5. The van der Waals surface area contributed by atoms with Gasteiger partial charge in [0.1, 0.15) is 13.2 Å². The van der Waals surface area contributed by atoms with E-state index in [1.165, 1.54) is 116 Å². The summed E-state index contributed by atoms with van der Waals surface area (Å²) in [5.41, 5.74) is 0. The van der Waals surface area contributed by atoms with Gasteiger partial charge in [-0.25, -0.2) is 0 Å². The summed E-state index contributed by atoms with van der Waals surface area (Å²) in [6.45, 7) is 6.44. The molecule has 0 aromatic heterocycles. The third-order valence-electron chi connectivity index (χ3n) is 11.5. The fraction of sp³-hybridized carbons (Fsp3) is 0.712. The van der Waals surface area contributed by atoms with Gasteiger partial charge < -0.3 is 14.2 Å². The van der Waals surface area contributed by atoms with E-state index in [9.17, 15) is 14.4 Å². The molecule has 0 radical (unpaired) electrons. The average molecular weight is 905 g/mol. The van der Waals surface area contributed by atoms with Gasteiger partial charge in [-0.3, -0.25) is 14.4 Å². The topological polar surface area (TPSA) is 78.9 Å². The van der Waals surface area contributed by atoms with E-state index in [4.69, 9.17) is 14.2 Å². The van der Waals surface area contributed by atoms with Gasteiger partial charge in [0.05, 0.1) is 0 Å². The standard InChI is InChI=1S/C59H100O6/c1-4-7-10-13-16-19-22-25-27-29-30-32-34-37-40-43-46-49-52-58(61)64-55-56(54-63-57(60)51-48-45-42-39-36-33-24-21-18-15-12-9-6-3)65-59(62)53-50-47-44-41-38-35-31-28-26-23-20-17-14-11-8-5-2/h9,12,15,18,21-22,24-25,27,29-30,32-33,36,56H,4-8,10-11,13-14,16-17,19-20,23,26,28,31,34-35,37-55H2,1-3H3/b12-9+,18-15+,24-21+,25-22+,29-27+,32-30+,36-33+. The predicted octanol–water partition coefficient (Wildman–Crippen LogP) is 18.0. The van der Waals surface area contributed by atoms with Crippen molar-refractivity contribution in [1.29, 1.82) is 0 Å². The molecular weight excluding hydrogens is 805 g/mol. The minimum Gasteiger partial charge on any atom is -0.462 e. The minimum absolute atomic E-state index is 0.0988. The fourth-order valence-electron chi connectivity index (χ4n) is 7.45. The number of ether oxygens (including phenoxy) is 3. The maximum absolute atomic E-state index is 12.8. The molecule has 0 saturated heterocycles. The lowest BCUT2D eigenvalue weighted by Crippen LogP contribution is -2.30. The van der Waals surface area contributed by atoms with Gasteiger partial charge >= 0.3 is 17.9 Å². The third kappa shape index (κ3) is 51.4. The largest absolute Gasteiger partial charge is 0.462 e. The van der Waals surface area contributed by atoms with Crippen LogP contribution in [0.15, 0.2) is 85.1 Å². The predicted molar refractivity (Wildman–Crippen MR) is 279 cm³/mol. The summed E-state index contributed by atoms with van der Waals surface area (Å²) in [4.78, 5) is 38.0. The Balaban J connectivity index is 4.45. The van der Waals surface area contributed by atoms with Crippen LogP contribution in [-0.4, -0.2) is 37.2 Å². The van der Waals surface area contributed by atoms with Crippen molar-refractivity contribution in [1.82, 2.24) is 0 Å². The molecule has 0 aliphatic carbocycles. The normalized spacial score (nSPS) is 12.7. The van der Waals surface area contributed by atoms with Crippen LogP contribution in [-0.2, 0) is 28.6 Å². The highest BCUT2D eigenvalue weighted by molar-refractivity contribution is 5.71. The first-order valence-electron chi connectivity index (χ1n) is 27.2. The first kappa shape index (κ1) is 61.6. The Morgan fingerprint density at radius 1 is 0.323 bits per heavy atom. The van der Waals surface area contributed by atoms with Crippen LogP contribution < -0.4 is 0 Å². The molecular formula is C59H100O6. The van der Waals surface area contributed by atoms with Crippen molar-refractivity contribution in [3.05, 3.63) is 85.1 Å². The fourth-order valence-corrected chi connectivity index (χ4v) is 7.45. The number of esters is 3. The first-order chi connectivity index (χ1) is 32.0. The molecule has 0 rings (SSSR count). The number of rotatable bonds is 48. The molecule has 65 heavy (non-hydrogen) atoms. The van der Waals surface area contributed by atoms with Crippen molar-refractivity contribution in [2.45, 2.75) is 258 Å². The number of carbonyl (C=O) groups excluding carboxylic acids is 3. The van der Waals surface area contributed by atoms with Crippen molar-refractivity contribution >= 4 is 17.9 Å². The van der Waals surface area contributed by atoms with E-state index >= 15 is 0 Å². The number of allylic oxidation sites excluding steroid dienone is 14. The molecule has 6 heteroatoms. The Bertz CT molecular complexity index is 1270. The van der Waals surface area contributed by atoms with Crippen LogP contribution in [0.5, 0.6) is 0 Å². The molecule has 6 nitrogen and oxygen atoms in total. The molecule has 0 aromatic carbocycles. The van der Waals surface area contributed by atoms with Crippen LogP contribution in [0.1, 0.15) is 252 Å². The molecule has 0 aromatic rings. The van der Waals surface area contributed by atoms with Crippen molar-refractivity contribution in [2.24, 2.45) is 0 Å². The molecule has 0 aliphatic rings. The zero-order chi connectivity index (χ0) is 47.2. The van der Waals surface area contributed by atoms with E-state index in [0.29, 0.717) is 19.3 Å². The van der Waals surface area contributed by atoms with Crippen molar-refractivity contribution in [2.75, 3.05) is 13.2 Å². The molecule has 0 fully saturated rings. The highest BCUT2D eigenvalue weighted by Gasteiger charge is 2.19. The van der Waals surface area contributed by atoms with Gasteiger partial charge in [-0.15, -0.1) is 0 Å². The Hall–Kier alpha value is -3.41. The molecule has 372 valence electrons. The summed E-state index contributed by atoms with van der Waals surface area (Å²) in [5, 5.41) is 0. The molecule has 0 spiro atoms. The van der Waals surface area contributed by atoms with Gasteiger partial charge in [-0.05, 0) is 64.2 Å². The van der Waals surface area contributed by atoms with Crippen LogP contribution in [0, 0.1) is 0 Å². The number of hydrogen-bond acceptors (Lipinski definition) is 6. The van der Waals surface area contributed by atoms with Crippen molar-refractivity contribution < 1.29 is 28.6 Å². The maximum atomic E-state index is 12.8. The smallest absolute Gasteiger partial charge is 0.306 e. The summed E-state index contributed by atoms with van der Waals surface area (Å²) < 4.78 is 16.8. The van der Waals surface area contributed by atoms with Crippen molar-refractivity contribution in [3.8, 4) is 0 Å². The summed E-state index contributed by atoms with van der Waals surface area (Å²) in [5.74, 6) is -0.952. The second kappa shape index (κ2) is 53.2. The van der Waals surface area contributed by atoms with Gasteiger partial charge in [-0.2, -0.15) is 0 Å². The molecule has 0 amide bonds. The third-order valence-corrected chi connectivity index (χ3v) is 11.5. The van der Waals surface area contributed by atoms with E-state index in [1.54, 1.807) is 0 Å². The lowest BCUT2D eigenvalue weighted by molar-refractivity contribution is -0.167. The molecule has 0 bridgehead atoms. The van der Waals surface area contributed by atoms with E-state index in [2.05, 4.69) is 69.4 Å². The van der Waals surface area contributed by atoms with E-state index in [-0.39, 0.29) is 31.1 Å². The molecule has 0 aliphatic heterocycles. The van der Waals surface area contributed by atoms with Crippen LogP contribution in [0.3, 0.4) is 0 Å². The highest BCUT2D eigenvalue weighted by Crippen LogP contribution is 2.15. The Labute approximate surface area is 401 Å². The molecule has 1 atom stereocenters. The summed E-state index contributed by atoms with van der Waals surface area (Å²) in [7, 11) is 0. The quantitative estimate of drug-likeness (QED) is 0.0262. The van der Waals surface area contributed by atoms with Gasteiger partial charge in [0, 0.05) is 19.3 Å². The Morgan fingerprint density at radius 2 is 0.600 bits per heavy atom. The Kier molecular flexibility index (Phi) is 50.4. The monoisotopic (exact) mass is 905 g/mol. The summed E-state index contributed by atoms with van der Waals surface area (Å²) >= 11 is 0. The van der Waals surface area contributed by atoms with E-state index < -0.39 is 6.10 Å². The van der Waals surface area contributed by atoms with Crippen molar-refractivity contribution in [3.63, 3.8) is 0 Å². The van der Waals surface area contributed by atoms with Gasteiger partial charge in [0.25, 0.3) is 0 Å². The minimum atomic E-state index is -0.800. The number of unbranched alkanes of at least 4 members (excludes halogenated alkanes) is 28. The molecule has 0 saturated carbocycles. The van der Waals surface area contributed by atoms with Crippen LogP contribution in [0.4, 0.5) is 0 Å². The molecule has 0 N–H and O–H groups in total. The van der Waals surface area contributed by atoms with Crippen LogP contribution in [0.2, 0.25) is 0 Å². The van der Waals surface area contributed by atoms with Crippen LogP contribution in [0.25, 0.3) is 0 Å². The van der Waals surface area contributed by atoms with Crippen LogP contribution >= 0.6 is 0 Å². The first-order valence-corrected chi connectivity index (χ1v) is 27.2. The zero-order valence-corrected chi connectivity index (χ0v) is 42.5. The van der Waals surface area contributed by atoms with Gasteiger partial charge in [-0.1, -0.05) is 254 Å². The Morgan fingerprint density at radius 3 is 0.954 bits per heavy atom. The highest BCUT2D eigenvalue weighted by atomic mass is 16.6. The SMILES string of the molecule is CC/C=C/C=C/C=C/C=C/CCCCCC(=O)OCC(COC(=O)CCCCCCC/C=C/C=C/C=C/CCCCCCC)OC(=O)CCCCCCCCCCCCCCCCCC. The lowest BCUT2D eigenvalue weighted by atomic mass is 10.0. The van der Waals surface area contributed by atoms with Gasteiger partial charge in [0.15, 0.2) is 6.10 Å². The average Bonchev–Trinajstić information content (AvgIpc) is 3.30. The molecule has 0 heterocycles. The molecule has 1 unspecified atom stereocenters. The van der Waals surface area contributed by atoms with Gasteiger partial charge in [0.2, 0.25) is 0 Å². The zero-order valence-electron chi connectivity index (χ0n) is 42.5. The van der Waals surface area contributed by atoms with E-state index in [1.807, 2.05) is 36.5 Å². The number of hydrogen-bond donors (Lipinski definition) is 0. The second-order valence-corrected chi connectivity index (χ2v) is 17.9. The van der Waals surface area contributed by atoms with E-state index in [0.717, 1.165) is 96.3 Å². The second-order valence-electron chi connectivity index (χ2n) is 17.9.